The monoisotopic (exact) mass is 250 g/mol. The van der Waals surface area contributed by atoms with Crippen molar-refractivity contribution in [1.82, 2.24) is 4.90 Å². The third-order valence-electron chi connectivity index (χ3n) is 2.79. The van der Waals surface area contributed by atoms with Crippen molar-refractivity contribution in [3.8, 4) is 0 Å². The van der Waals surface area contributed by atoms with Crippen molar-refractivity contribution >= 4 is 10.0 Å². The SMILES string of the molecule is CC(C)(O)CN1CCC(CS(N)(=O)=O)CC1. The van der Waals surface area contributed by atoms with Crippen molar-refractivity contribution in [3.05, 3.63) is 0 Å². The molecule has 3 N–H and O–H groups in total. The normalized spacial score (nSPS) is 21.2. The Bertz CT molecular complexity index is 313. The molecular weight excluding hydrogens is 228 g/mol. The molecule has 0 atom stereocenters. The number of hydrogen-bond donors (Lipinski definition) is 2. The molecule has 5 nitrogen and oxygen atoms in total. The molecule has 0 saturated carbocycles. The lowest BCUT2D eigenvalue weighted by Crippen LogP contribution is -2.44. The highest BCUT2D eigenvalue weighted by molar-refractivity contribution is 7.89. The van der Waals surface area contributed by atoms with Crippen LogP contribution in [0.25, 0.3) is 0 Å². The molecule has 1 fully saturated rings. The van der Waals surface area contributed by atoms with Crippen molar-refractivity contribution in [1.29, 1.82) is 0 Å². The summed E-state index contributed by atoms with van der Waals surface area (Å²) in [4.78, 5) is 2.17. The first-order valence-electron chi connectivity index (χ1n) is 5.61. The number of primary sulfonamides is 1. The van der Waals surface area contributed by atoms with Crippen LogP contribution in [0.2, 0.25) is 0 Å². The zero-order valence-corrected chi connectivity index (χ0v) is 10.8. The van der Waals surface area contributed by atoms with Gasteiger partial charge in [0, 0.05) is 6.54 Å². The van der Waals surface area contributed by atoms with Gasteiger partial charge < -0.3 is 10.0 Å². The summed E-state index contributed by atoms with van der Waals surface area (Å²) in [5, 5.41) is 14.7. The van der Waals surface area contributed by atoms with E-state index < -0.39 is 15.6 Å². The second kappa shape index (κ2) is 5.00. The lowest BCUT2D eigenvalue weighted by molar-refractivity contribution is 0.0256. The topological polar surface area (TPSA) is 83.6 Å². The Morgan fingerprint density at radius 2 is 1.88 bits per heavy atom. The predicted octanol–water partition coefficient (Wildman–Crippen LogP) is -0.242. The molecule has 96 valence electrons. The summed E-state index contributed by atoms with van der Waals surface area (Å²) in [7, 11) is -3.34. The van der Waals surface area contributed by atoms with Gasteiger partial charge in [0.15, 0.2) is 0 Å². The highest BCUT2D eigenvalue weighted by Crippen LogP contribution is 2.19. The second-order valence-corrected chi connectivity index (χ2v) is 7.02. The van der Waals surface area contributed by atoms with Gasteiger partial charge in [0.25, 0.3) is 0 Å². The van der Waals surface area contributed by atoms with Crippen molar-refractivity contribution in [2.75, 3.05) is 25.4 Å². The number of aliphatic hydroxyl groups is 1. The zero-order chi connectivity index (χ0) is 12.4. The Hall–Kier alpha value is -0.170. The van der Waals surface area contributed by atoms with Crippen LogP contribution >= 0.6 is 0 Å². The fourth-order valence-electron chi connectivity index (χ4n) is 2.19. The molecule has 0 radical (unpaired) electrons. The maximum Gasteiger partial charge on any atom is 0.209 e. The fraction of sp³-hybridized carbons (Fsp3) is 1.00. The summed E-state index contributed by atoms with van der Waals surface area (Å²) in [6.07, 6.45) is 1.68. The Balaban J connectivity index is 2.34. The maximum atomic E-state index is 10.9. The van der Waals surface area contributed by atoms with Crippen LogP contribution in [-0.4, -0.2) is 49.4 Å². The molecule has 1 aliphatic heterocycles. The van der Waals surface area contributed by atoms with Crippen LogP contribution in [0, 0.1) is 5.92 Å². The summed E-state index contributed by atoms with van der Waals surface area (Å²) < 4.78 is 21.9. The van der Waals surface area contributed by atoms with E-state index in [1.807, 2.05) is 0 Å². The Kier molecular flexibility index (Phi) is 4.34. The first kappa shape index (κ1) is 13.9. The van der Waals surface area contributed by atoms with E-state index in [4.69, 9.17) is 5.14 Å². The zero-order valence-electron chi connectivity index (χ0n) is 10.0. The first-order chi connectivity index (χ1) is 7.16. The van der Waals surface area contributed by atoms with E-state index in [0.29, 0.717) is 6.54 Å². The van der Waals surface area contributed by atoms with Crippen molar-refractivity contribution in [2.45, 2.75) is 32.3 Å². The van der Waals surface area contributed by atoms with Crippen LogP contribution in [0.15, 0.2) is 0 Å². The summed E-state index contributed by atoms with van der Waals surface area (Å²) in [6.45, 7) is 5.87. The molecule has 1 saturated heterocycles. The third kappa shape index (κ3) is 5.79. The van der Waals surface area contributed by atoms with Gasteiger partial charge in [-0.25, -0.2) is 13.6 Å². The maximum absolute atomic E-state index is 10.9. The molecule has 1 aliphatic rings. The van der Waals surface area contributed by atoms with E-state index in [2.05, 4.69) is 4.90 Å². The second-order valence-electron chi connectivity index (χ2n) is 5.36. The van der Waals surface area contributed by atoms with E-state index >= 15 is 0 Å². The molecule has 0 unspecified atom stereocenters. The predicted molar refractivity (Wildman–Crippen MR) is 63.4 cm³/mol. The third-order valence-corrected chi connectivity index (χ3v) is 3.72. The molecule has 6 heteroatoms. The number of hydrogen-bond acceptors (Lipinski definition) is 4. The molecule has 0 aromatic heterocycles. The molecule has 0 spiro atoms. The molecule has 16 heavy (non-hydrogen) atoms. The Labute approximate surface area is 97.7 Å². The Morgan fingerprint density at radius 1 is 1.38 bits per heavy atom. The average Bonchev–Trinajstić information content (AvgIpc) is 2.03. The summed E-state index contributed by atoms with van der Waals surface area (Å²) in [6, 6.07) is 0. The van der Waals surface area contributed by atoms with Gasteiger partial charge in [-0.15, -0.1) is 0 Å². The van der Waals surface area contributed by atoms with E-state index in [1.54, 1.807) is 13.8 Å². The number of nitrogens with two attached hydrogens (primary N) is 1. The van der Waals surface area contributed by atoms with Gasteiger partial charge in [-0.05, 0) is 45.7 Å². The summed E-state index contributed by atoms with van der Waals surface area (Å²) in [5.41, 5.74) is -0.688. The minimum absolute atomic E-state index is 0.0867. The largest absolute Gasteiger partial charge is 0.389 e. The van der Waals surface area contributed by atoms with Gasteiger partial charge in [0.05, 0.1) is 11.4 Å². The van der Waals surface area contributed by atoms with Crippen LogP contribution < -0.4 is 5.14 Å². The number of rotatable bonds is 4. The van der Waals surface area contributed by atoms with Gasteiger partial charge in [0.2, 0.25) is 10.0 Å². The van der Waals surface area contributed by atoms with Crippen molar-refractivity contribution < 1.29 is 13.5 Å². The quantitative estimate of drug-likeness (QED) is 0.721. The van der Waals surface area contributed by atoms with Crippen LogP contribution in [0.5, 0.6) is 0 Å². The minimum atomic E-state index is -3.34. The lowest BCUT2D eigenvalue weighted by Gasteiger charge is -2.34. The Morgan fingerprint density at radius 3 is 2.25 bits per heavy atom. The van der Waals surface area contributed by atoms with E-state index in [9.17, 15) is 13.5 Å². The highest BCUT2D eigenvalue weighted by atomic mass is 32.2. The van der Waals surface area contributed by atoms with E-state index in [-0.39, 0.29) is 11.7 Å². The molecule has 1 heterocycles. The van der Waals surface area contributed by atoms with Gasteiger partial charge in [-0.2, -0.15) is 0 Å². The van der Waals surface area contributed by atoms with Gasteiger partial charge in [-0.3, -0.25) is 0 Å². The molecule has 0 bridgehead atoms. The molecular formula is C10H22N2O3S. The van der Waals surface area contributed by atoms with E-state index in [1.165, 1.54) is 0 Å². The molecule has 0 aromatic rings. The van der Waals surface area contributed by atoms with Crippen LogP contribution in [-0.2, 0) is 10.0 Å². The molecule has 0 aromatic carbocycles. The van der Waals surface area contributed by atoms with Crippen LogP contribution in [0.1, 0.15) is 26.7 Å². The summed E-state index contributed by atoms with van der Waals surface area (Å²) >= 11 is 0. The summed E-state index contributed by atoms with van der Waals surface area (Å²) in [5.74, 6) is 0.261. The van der Waals surface area contributed by atoms with Gasteiger partial charge >= 0.3 is 0 Å². The molecule has 1 rings (SSSR count). The standard InChI is InChI=1S/C10H22N2O3S/c1-10(2,13)8-12-5-3-9(4-6-12)7-16(11,14)15/h9,13H,3-8H2,1-2H3,(H2,11,14,15). The van der Waals surface area contributed by atoms with Gasteiger partial charge in [0.1, 0.15) is 0 Å². The highest BCUT2D eigenvalue weighted by Gasteiger charge is 2.25. The van der Waals surface area contributed by atoms with Crippen molar-refractivity contribution in [3.63, 3.8) is 0 Å². The fourth-order valence-corrected chi connectivity index (χ4v) is 3.18. The number of β-amino-alcohol motifs (C(OH)–C–C–N with tert-alkyl or cyclic N) is 1. The van der Waals surface area contributed by atoms with Gasteiger partial charge in [-0.1, -0.05) is 0 Å². The van der Waals surface area contributed by atoms with Crippen LogP contribution in [0.4, 0.5) is 0 Å². The van der Waals surface area contributed by atoms with Crippen molar-refractivity contribution in [2.24, 2.45) is 11.1 Å². The molecule has 0 amide bonds. The minimum Gasteiger partial charge on any atom is -0.389 e. The average molecular weight is 250 g/mol. The van der Waals surface area contributed by atoms with Crippen LogP contribution in [0.3, 0.4) is 0 Å². The van der Waals surface area contributed by atoms with E-state index in [0.717, 1.165) is 25.9 Å². The number of sulfonamides is 1. The molecule has 0 aliphatic carbocycles. The number of likely N-dealkylation sites (tertiary alicyclic amines) is 1. The first-order valence-corrected chi connectivity index (χ1v) is 7.32. The number of piperidine rings is 1. The lowest BCUT2D eigenvalue weighted by atomic mass is 9.97. The smallest absolute Gasteiger partial charge is 0.209 e. The number of nitrogens with zero attached hydrogens (tertiary/aromatic N) is 1.